The van der Waals surface area contributed by atoms with Crippen molar-refractivity contribution in [2.75, 3.05) is 18.1 Å². The van der Waals surface area contributed by atoms with Gasteiger partial charge in [-0.05, 0) is 48.7 Å². The van der Waals surface area contributed by atoms with Gasteiger partial charge in [0, 0.05) is 5.56 Å². The lowest BCUT2D eigenvalue weighted by Gasteiger charge is -2.32. The molecule has 31 heavy (non-hydrogen) atoms. The van der Waals surface area contributed by atoms with Gasteiger partial charge in [-0.25, -0.2) is 0 Å². The van der Waals surface area contributed by atoms with Gasteiger partial charge in [0.05, 0.1) is 25.4 Å². The summed E-state index contributed by atoms with van der Waals surface area (Å²) in [5.41, 5.74) is 4.87. The van der Waals surface area contributed by atoms with E-state index < -0.39 is 5.79 Å². The van der Waals surface area contributed by atoms with E-state index in [1.165, 1.54) is 0 Å². The van der Waals surface area contributed by atoms with Crippen LogP contribution in [0.5, 0.6) is 5.75 Å². The van der Waals surface area contributed by atoms with Gasteiger partial charge in [0.15, 0.2) is 0 Å². The van der Waals surface area contributed by atoms with Crippen LogP contribution in [0.2, 0.25) is 0 Å². The molecule has 0 bridgehead atoms. The molecule has 1 spiro atoms. The number of anilines is 1. The van der Waals surface area contributed by atoms with Crippen LogP contribution in [0.1, 0.15) is 28.7 Å². The van der Waals surface area contributed by atoms with Crippen molar-refractivity contribution in [2.24, 2.45) is 0 Å². The molecule has 0 N–H and O–H groups in total. The number of fused-ring (bicyclic) bond motifs is 2. The summed E-state index contributed by atoms with van der Waals surface area (Å²) in [6.07, 6.45) is 0.792. The van der Waals surface area contributed by atoms with Gasteiger partial charge < -0.3 is 19.1 Å². The first-order valence-corrected chi connectivity index (χ1v) is 10.6. The summed E-state index contributed by atoms with van der Waals surface area (Å²) in [6.45, 7) is 4.01. The van der Waals surface area contributed by atoms with Gasteiger partial charge in [-0.15, -0.1) is 0 Å². The zero-order valence-corrected chi connectivity index (χ0v) is 17.5. The fraction of sp³-hybridized carbons (Fsp3) is 0.269. The Labute approximate surface area is 182 Å². The molecule has 5 rings (SSSR count). The number of aryl methyl sites for hydroxylation is 1. The second-order valence-electron chi connectivity index (χ2n) is 8.00. The topological polar surface area (TPSA) is 48.0 Å². The van der Waals surface area contributed by atoms with E-state index in [1.54, 1.807) is 4.90 Å². The molecule has 5 heteroatoms. The molecule has 2 heterocycles. The van der Waals surface area contributed by atoms with Crippen LogP contribution in [0.3, 0.4) is 0 Å². The number of rotatable bonds is 5. The average molecular weight is 415 g/mol. The second-order valence-corrected chi connectivity index (χ2v) is 8.00. The molecule has 2 aliphatic rings. The van der Waals surface area contributed by atoms with E-state index >= 15 is 0 Å². The minimum atomic E-state index is -1.31. The average Bonchev–Trinajstić information content (AvgIpc) is 3.02. The third-order valence-corrected chi connectivity index (χ3v) is 5.74. The first-order valence-electron chi connectivity index (χ1n) is 10.6. The highest BCUT2D eigenvalue weighted by Gasteiger charge is 2.54. The van der Waals surface area contributed by atoms with Crippen LogP contribution in [0.4, 0.5) is 5.69 Å². The number of carbonyl (C=O) groups excluding carboxylic acids is 1. The third kappa shape index (κ3) is 3.71. The Morgan fingerprint density at radius 3 is 2.42 bits per heavy atom. The summed E-state index contributed by atoms with van der Waals surface area (Å²) >= 11 is 0. The molecule has 1 amide bonds. The molecule has 0 saturated carbocycles. The Bertz CT molecular complexity index is 1070. The Kier molecular flexibility index (Phi) is 5.22. The van der Waals surface area contributed by atoms with Crippen LogP contribution < -0.4 is 9.64 Å². The lowest BCUT2D eigenvalue weighted by molar-refractivity contribution is -0.256. The van der Waals surface area contributed by atoms with Crippen molar-refractivity contribution in [3.05, 3.63) is 95.1 Å². The van der Waals surface area contributed by atoms with Crippen LogP contribution in [0.15, 0.2) is 72.8 Å². The Morgan fingerprint density at radius 1 is 0.935 bits per heavy atom. The SMILES string of the molecule is Cc1ccc2c(c1)C1(OCCCO1)C(=O)N2Cc1ccc(OCc2ccccc2)cc1. The molecule has 0 aromatic heterocycles. The van der Waals surface area contributed by atoms with Gasteiger partial charge in [-0.3, -0.25) is 4.79 Å². The van der Waals surface area contributed by atoms with Crippen molar-refractivity contribution < 1.29 is 19.0 Å². The first kappa shape index (κ1) is 19.8. The smallest absolute Gasteiger partial charge is 0.292 e. The van der Waals surface area contributed by atoms with Crippen molar-refractivity contribution in [3.63, 3.8) is 0 Å². The van der Waals surface area contributed by atoms with E-state index in [0.717, 1.165) is 40.1 Å². The van der Waals surface area contributed by atoms with Crippen molar-refractivity contribution in [2.45, 2.75) is 32.3 Å². The molecule has 0 unspecified atom stereocenters. The first-order chi connectivity index (χ1) is 15.2. The van der Waals surface area contributed by atoms with E-state index in [1.807, 2.05) is 79.7 Å². The fourth-order valence-electron chi connectivity index (χ4n) is 4.13. The summed E-state index contributed by atoms with van der Waals surface area (Å²) in [7, 11) is 0. The molecule has 5 nitrogen and oxygen atoms in total. The number of ether oxygens (including phenoxy) is 3. The summed E-state index contributed by atoms with van der Waals surface area (Å²) in [5.74, 6) is -0.665. The molecule has 158 valence electrons. The largest absolute Gasteiger partial charge is 0.489 e. The van der Waals surface area contributed by atoms with Crippen LogP contribution in [-0.2, 0) is 33.2 Å². The van der Waals surface area contributed by atoms with Gasteiger partial charge in [-0.2, -0.15) is 0 Å². The number of benzene rings is 3. The lowest BCUT2D eigenvalue weighted by Crippen LogP contribution is -2.47. The normalized spacial score (nSPS) is 17.1. The quantitative estimate of drug-likeness (QED) is 0.606. The molecular formula is C26H25NO4. The van der Waals surface area contributed by atoms with Gasteiger partial charge in [0.1, 0.15) is 12.4 Å². The number of amides is 1. The fourth-order valence-corrected chi connectivity index (χ4v) is 4.13. The van der Waals surface area contributed by atoms with Crippen LogP contribution in [0.25, 0.3) is 0 Å². The van der Waals surface area contributed by atoms with Crippen molar-refractivity contribution in [1.82, 2.24) is 0 Å². The van der Waals surface area contributed by atoms with E-state index in [-0.39, 0.29) is 5.91 Å². The lowest BCUT2D eigenvalue weighted by atomic mass is 10.0. The van der Waals surface area contributed by atoms with Crippen LogP contribution in [-0.4, -0.2) is 19.1 Å². The predicted octanol–water partition coefficient (Wildman–Crippen LogP) is 4.71. The minimum Gasteiger partial charge on any atom is -0.489 e. The van der Waals surface area contributed by atoms with Crippen molar-refractivity contribution in [1.29, 1.82) is 0 Å². The molecule has 0 atom stereocenters. The predicted molar refractivity (Wildman–Crippen MR) is 118 cm³/mol. The van der Waals surface area contributed by atoms with Crippen molar-refractivity contribution in [3.8, 4) is 5.75 Å². The second kappa shape index (κ2) is 8.17. The number of hydrogen-bond acceptors (Lipinski definition) is 4. The molecule has 3 aromatic carbocycles. The van der Waals surface area contributed by atoms with Crippen molar-refractivity contribution >= 4 is 11.6 Å². The highest BCUT2D eigenvalue weighted by atomic mass is 16.7. The summed E-state index contributed by atoms with van der Waals surface area (Å²) in [6, 6.07) is 23.9. The van der Waals surface area contributed by atoms with Gasteiger partial charge in [-0.1, -0.05) is 54.1 Å². The summed E-state index contributed by atoms with van der Waals surface area (Å²) < 4.78 is 17.8. The Morgan fingerprint density at radius 2 is 1.68 bits per heavy atom. The van der Waals surface area contributed by atoms with Gasteiger partial charge in [0.2, 0.25) is 0 Å². The Balaban J connectivity index is 1.34. The number of carbonyl (C=O) groups is 1. The summed E-state index contributed by atoms with van der Waals surface area (Å²) in [5, 5.41) is 0. The molecule has 1 fully saturated rings. The molecule has 0 radical (unpaired) electrons. The van der Waals surface area contributed by atoms with Gasteiger partial charge >= 0.3 is 0 Å². The highest BCUT2D eigenvalue weighted by molar-refractivity contribution is 6.06. The van der Waals surface area contributed by atoms with Crippen LogP contribution >= 0.6 is 0 Å². The monoisotopic (exact) mass is 415 g/mol. The van der Waals surface area contributed by atoms with E-state index in [4.69, 9.17) is 14.2 Å². The standard InChI is InChI=1S/C26H25NO4/c1-19-8-13-24-23(16-19)26(30-14-5-15-31-26)25(28)27(24)17-20-9-11-22(12-10-20)29-18-21-6-3-2-4-7-21/h2-4,6-13,16H,5,14-15,17-18H2,1H3. The highest BCUT2D eigenvalue weighted by Crippen LogP contribution is 2.46. The van der Waals surface area contributed by atoms with E-state index in [9.17, 15) is 4.79 Å². The van der Waals surface area contributed by atoms with E-state index in [2.05, 4.69) is 0 Å². The third-order valence-electron chi connectivity index (χ3n) is 5.74. The minimum absolute atomic E-state index is 0.155. The molecular weight excluding hydrogens is 390 g/mol. The molecule has 3 aromatic rings. The summed E-state index contributed by atoms with van der Waals surface area (Å²) in [4.78, 5) is 15.2. The molecule has 1 saturated heterocycles. The van der Waals surface area contributed by atoms with Crippen LogP contribution in [0, 0.1) is 6.92 Å². The maximum Gasteiger partial charge on any atom is 0.292 e. The number of hydrogen-bond donors (Lipinski definition) is 0. The maximum atomic E-state index is 13.4. The van der Waals surface area contributed by atoms with Gasteiger partial charge in [0.25, 0.3) is 11.7 Å². The van der Waals surface area contributed by atoms with E-state index in [0.29, 0.717) is 26.4 Å². The number of nitrogens with zero attached hydrogens (tertiary/aromatic N) is 1. The molecule has 0 aliphatic carbocycles. The zero-order valence-electron chi connectivity index (χ0n) is 17.5. The zero-order chi connectivity index (χ0) is 21.3. The Hall–Kier alpha value is -3.15. The maximum absolute atomic E-state index is 13.4. The molecule has 2 aliphatic heterocycles.